The molecule has 2 aromatic rings. The third-order valence-electron chi connectivity index (χ3n) is 5.07. The number of aromatic nitrogens is 1. The maximum absolute atomic E-state index is 6.31. The topological polar surface area (TPSA) is 57.8 Å². The van der Waals surface area contributed by atoms with E-state index < -0.39 is 0 Å². The first-order valence-corrected chi connectivity index (χ1v) is 10.4. The molecule has 4 rings (SSSR count). The smallest absolute Gasteiger partial charge is 0.191 e. The Balaban J connectivity index is 1.28. The second kappa shape index (κ2) is 7.62. The van der Waals surface area contributed by atoms with Crippen molar-refractivity contribution in [3.63, 3.8) is 0 Å². The molecule has 2 unspecified atom stereocenters. The van der Waals surface area contributed by atoms with Crippen molar-refractivity contribution in [1.29, 1.82) is 0 Å². The van der Waals surface area contributed by atoms with Crippen LogP contribution in [-0.2, 0) is 0 Å². The van der Waals surface area contributed by atoms with Crippen molar-refractivity contribution < 1.29 is 0 Å². The lowest BCUT2D eigenvalue weighted by molar-refractivity contribution is 0.380. The van der Waals surface area contributed by atoms with Crippen molar-refractivity contribution in [2.24, 2.45) is 16.6 Å². The first-order valence-electron chi connectivity index (χ1n) is 8.76. The van der Waals surface area contributed by atoms with Crippen LogP contribution >= 0.6 is 34.5 Å². The molecule has 1 aliphatic heterocycles. The number of rotatable bonds is 4. The molecule has 0 spiro atoms. The normalized spacial score (nSPS) is 23.4. The molecule has 2 N–H and O–H groups in total. The van der Waals surface area contributed by atoms with Gasteiger partial charge in [-0.05, 0) is 36.0 Å². The molecule has 2 atom stereocenters. The molecule has 26 heavy (non-hydrogen) atoms. The molecule has 1 aromatic carbocycles. The molecule has 1 saturated carbocycles. The quantitative estimate of drug-likeness (QED) is 0.617. The van der Waals surface area contributed by atoms with Gasteiger partial charge in [-0.25, -0.2) is 4.98 Å². The van der Waals surface area contributed by atoms with E-state index in [9.17, 15) is 0 Å². The number of nitrogens with zero attached hydrogens (tertiary/aromatic N) is 4. The third-order valence-corrected chi connectivity index (χ3v) is 6.46. The van der Waals surface area contributed by atoms with Crippen LogP contribution in [0.2, 0.25) is 10.0 Å². The van der Waals surface area contributed by atoms with E-state index in [0.717, 1.165) is 49.3 Å². The van der Waals surface area contributed by atoms with Gasteiger partial charge in [0, 0.05) is 54.3 Å². The molecule has 5 nitrogen and oxygen atoms in total. The highest BCUT2D eigenvalue weighted by Crippen LogP contribution is 2.50. The summed E-state index contributed by atoms with van der Waals surface area (Å²) in [6.07, 6.45) is 2.96. The van der Waals surface area contributed by atoms with E-state index in [1.165, 1.54) is 5.56 Å². The molecular formula is C18H21Cl2N5S. The fourth-order valence-corrected chi connectivity index (χ4v) is 4.69. The highest BCUT2D eigenvalue weighted by atomic mass is 35.5. The number of halogens is 2. The predicted octanol–water partition coefficient (Wildman–Crippen LogP) is 3.69. The minimum absolute atomic E-state index is 0.470. The Morgan fingerprint density at radius 2 is 2.08 bits per heavy atom. The summed E-state index contributed by atoms with van der Waals surface area (Å²) in [6.45, 7) is 4.37. The van der Waals surface area contributed by atoms with Crippen LogP contribution in [-0.4, -0.2) is 48.6 Å². The standard InChI is InChI=1S/C18H21Cl2N5S/c19-13-1-2-14(16(20)10-13)15-9-12(15)11-23-17(21)24-4-6-25(7-5-24)18-22-3-8-26-18/h1-3,8,10,12,15H,4-7,9,11H2,(H2,21,23). The minimum atomic E-state index is 0.470. The van der Waals surface area contributed by atoms with Crippen LogP contribution in [0.5, 0.6) is 0 Å². The minimum Gasteiger partial charge on any atom is -0.370 e. The Morgan fingerprint density at radius 1 is 1.27 bits per heavy atom. The number of hydrogen-bond donors (Lipinski definition) is 1. The molecule has 138 valence electrons. The molecular weight excluding hydrogens is 389 g/mol. The van der Waals surface area contributed by atoms with Crippen molar-refractivity contribution in [3.8, 4) is 0 Å². The van der Waals surface area contributed by atoms with E-state index in [0.29, 0.717) is 22.8 Å². The first-order chi connectivity index (χ1) is 12.6. The second-order valence-electron chi connectivity index (χ2n) is 6.76. The molecule has 8 heteroatoms. The van der Waals surface area contributed by atoms with Gasteiger partial charge in [0.2, 0.25) is 0 Å². The molecule has 2 aliphatic rings. The van der Waals surface area contributed by atoms with Gasteiger partial charge in [-0.2, -0.15) is 0 Å². The lowest BCUT2D eigenvalue weighted by Crippen LogP contribution is -2.51. The number of guanidine groups is 1. The summed E-state index contributed by atoms with van der Waals surface area (Å²) in [7, 11) is 0. The number of piperazine rings is 1. The van der Waals surface area contributed by atoms with Crippen LogP contribution in [0.4, 0.5) is 5.13 Å². The molecule has 0 radical (unpaired) electrons. The van der Waals surface area contributed by atoms with Crippen molar-refractivity contribution in [3.05, 3.63) is 45.4 Å². The SMILES string of the molecule is NC(=NCC1CC1c1ccc(Cl)cc1Cl)N1CCN(c2nccs2)CC1. The van der Waals surface area contributed by atoms with Crippen molar-refractivity contribution in [1.82, 2.24) is 9.88 Å². The third kappa shape index (κ3) is 3.92. The lowest BCUT2D eigenvalue weighted by Gasteiger charge is -2.35. The van der Waals surface area contributed by atoms with Gasteiger partial charge < -0.3 is 15.5 Å². The van der Waals surface area contributed by atoms with E-state index in [1.54, 1.807) is 11.3 Å². The van der Waals surface area contributed by atoms with Crippen LogP contribution in [0.15, 0.2) is 34.8 Å². The van der Waals surface area contributed by atoms with Crippen LogP contribution in [0, 0.1) is 5.92 Å². The fourth-order valence-electron chi connectivity index (χ4n) is 3.44. The monoisotopic (exact) mass is 409 g/mol. The van der Waals surface area contributed by atoms with Crippen LogP contribution in [0.1, 0.15) is 17.9 Å². The molecule has 1 aromatic heterocycles. The van der Waals surface area contributed by atoms with E-state index in [1.807, 2.05) is 29.8 Å². The summed E-state index contributed by atoms with van der Waals surface area (Å²) in [4.78, 5) is 13.5. The molecule has 1 saturated heterocycles. The van der Waals surface area contributed by atoms with Crippen molar-refractivity contribution >= 4 is 45.6 Å². The van der Waals surface area contributed by atoms with Crippen LogP contribution in [0.3, 0.4) is 0 Å². The Morgan fingerprint density at radius 3 is 2.77 bits per heavy atom. The molecule has 2 fully saturated rings. The zero-order valence-corrected chi connectivity index (χ0v) is 16.6. The Labute approximate surface area is 167 Å². The number of anilines is 1. The van der Waals surface area contributed by atoms with E-state index in [4.69, 9.17) is 28.9 Å². The Kier molecular flexibility index (Phi) is 5.25. The van der Waals surface area contributed by atoms with Gasteiger partial charge in [0.15, 0.2) is 11.1 Å². The number of thiazole rings is 1. The summed E-state index contributed by atoms with van der Waals surface area (Å²) in [5, 5.41) is 4.52. The van der Waals surface area contributed by atoms with Gasteiger partial charge in [-0.3, -0.25) is 4.99 Å². The Hall–Kier alpha value is -1.50. The average Bonchev–Trinajstić information content (AvgIpc) is 3.19. The van der Waals surface area contributed by atoms with Crippen molar-refractivity contribution in [2.75, 3.05) is 37.6 Å². The molecule has 0 amide bonds. The average molecular weight is 410 g/mol. The van der Waals surface area contributed by atoms with E-state index >= 15 is 0 Å². The van der Waals surface area contributed by atoms with Crippen LogP contribution in [0.25, 0.3) is 0 Å². The Bertz CT molecular complexity index is 787. The zero-order valence-electron chi connectivity index (χ0n) is 14.3. The van der Waals surface area contributed by atoms with Crippen molar-refractivity contribution in [2.45, 2.75) is 12.3 Å². The maximum atomic E-state index is 6.31. The van der Waals surface area contributed by atoms with Gasteiger partial charge in [0.1, 0.15) is 0 Å². The number of hydrogen-bond acceptors (Lipinski definition) is 4. The number of benzene rings is 1. The largest absolute Gasteiger partial charge is 0.370 e. The summed E-state index contributed by atoms with van der Waals surface area (Å²) < 4.78 is 0. The highest BCUT2D eigenvalue weighted by Gasteiger charge is 2.39. The maximum Gasteiger partial charge on any atom is 0.191 e. The van der Waals surface area contributed by atoms with Crippen LogP contribution < -0.4 is 10.6 Å². The molecule has 1 aliphatic carbocycles. The van der Waals surface area contributed by atoms with Gasteiger partial charge in [0.05, 0.1) is 0 Å². The van der Waals surface area contributed by atoms with Gasteiger partial charge >= 0.3 is 0 Å². The number of nitrogens with two attached hydrogens (primary N) is 1. The highest BCUT2D eigenvalue weighted by molar-refractivity contribution is 7.13. The zero-order chi connectivity index (χ0) is 18.1. The van der Waals surface area contributed by atoms with E-state index in [2.05, 4.69) is 19.8 Å². The molecule has 2 heterocycles. The summed E-state index contributed by atoms with van der Waals surface area (Å²) >= 11 is 14.0. The first kappa shape index (κ1) is 17.9. The van der Waals surface area contributed by atoms with Gasteiger partial charge in [-0.15, -0.1) is 11.3 Å². The summed E-state index contributed by atoms with van der Waals surface area (Å²) in [6, 6.07) is 5.74. The summed E-state index contributed by atoms with van der Waals surface area (Å²) in [5.74, 6) is 1.64. The van der Waals surface area contributed by atoms with Gasteiger partial charge in [-0.1, -0.05) is 29.3 Å². The lowest BCUT2D eigenvalue weighted by atomic mass is 10.1. The second-order valence-corrected chi connectivity index (χ2v) is 8.47. The fraction of sp³-hybridized carbons (Fsp3) is 0.444. The molecule has 0 bridgehead atoms. The summed E-state index contributed by atoms with van der Waals surface area (Å²) in [5.41, 5.74) is 7.40. The number of aliphatic imine (C=N–C) groups is 1. The van der Waals surface area contributed by atoms with E-state index in [-0.39, 0.29) is 0 Å². The predicted molar refractivity (Wildman–Crippen MR) is 110 cm³/mol. The van der Waals surface area contributed by atoms with Gasteiger partial charge in [0.25, 0.3) is 0 Å².